The molecule has 1 aromatic rings. The van der Waals surface area contributed by atoms with Gasteiger partial charge in [-0.05, 0) is 17.7 Å². The zero-order valence-corrected chi connectivity index (χ0v) is 13.6. The molecule has 1 unspecified atom stereocenters. The van der Waals surface area contributed by atoms with Crippen LogP contribution in [0.4, 0.5) is 0 Å². The number of nitrogens with zero attached hydrogens (tertiary/aromatic N) is 3. The molecule has 1 rings (SSSR count). The van der Waals surface area contributed by atoms with E-state index in [2.05, 4.69) is 11.9 Å². The van der Waals surface area contributed by atoms with Crippen LogP contribution in [0.1, 0.15) is 18.4 Å². The summed E-state index contributed by atoms with van der Waals surface area (Å²) in [5.74, 6) is 1.10. The maximum absolute atomic E-state index is 6.21. The Labute approximate surface area is 125 Å². The third-order valence-electron chi connectivity index (χ3n) is 2.80. The number of guanidine groups is 1. The number of hydrogen-bond donors (Lipinski definition) is 0. The van der Waals surface area contributed by atoms with E-state index in [-0.39, 0.29) is 5.92 Å². The second kappa shape index (κ2) is 7.01. The van der Waals surface area contributed by atoms with Crippen molar-refractivity contribution in [3.05, 3.63) is 33.8 Å². The predicted molar refractivity (Wildman–Crippen MR) is 84.6 cm³/mol. The molecule has 0 heterocycles. The van der Waals surface area contributed by atoms with E-state index < -0.39 is 0 Å². The Kier molecular flexibility index (Phi) is 5.95. The van der Waals surface area contributed by atoms with E-state index >= 15 is 0 Å². The van der Waals surface area contributed by atoms with Crippen LogP contribution in [0.2, 0.25) is 10.0 Å². The first-order chi connectivity index (χ1) is 8.84. The molecule has 0 bridgehead atoms. The van der Waals surface area contributed by atoms with Crippen LogP contribution in [0.3, 0.4) is 0 Å². The summed E-state index contributed by atoms with van der Waals surface area (Å²) in [6.07, 6.45) is 0. The number of hydrogen-bond acceptors (Lipinski definition) is 1. The van der Waals surface area contributed by atoms with E-state index in [1.54, 1.807) is 0 Å². The molecule has 0 aliphatic heterocycles. The van der Waals surface area contributed by atoms with E-state index in [9.17, 15) is 0 Å². The topological polar surface area (TPSA) is 18.8 Å². The lowest BCUT2D eigenvalue weighted by Gasteiger charge is -2.23. The van der Waals surface area contributed by atoms with Crippen molar-refractivity contribution in [1.29, 1.82) is 0 Å². The predicted octanol–water partition coefficient (Wildman–Crippen LogP) is 3.58. The number of rotatable bonds is 3. The first-order valence-corrected chi connectivity index (χ1v) is 6.93. The Morgan fingerprint density at radius 3 is 2.00 bits per heavy atom. The Morgan fingerprint density at radius 1 is 1.11 bits per heavy atom. The molecule has 19 heavy (non-hydrogen) atoms. The molecule has 0 spiro atoms. The van der Waals surface area contributed by atoms with Crippen LogP contribution in [-0.4, -0.2) is 50.5 Å². The van der Waals surface area contributed by atoms with Crippen molar-refractivity contribution in [1.82, 2.24) is 9.80 Å². The van der Waals surface area contributed by atoms with Gasteiger partial charge in [0.25, 0.3) is 0 Å². The lowest BCUT2D eigenvalue weighted by Crippen LogP contribution is -2.35. The van der Waals surface area contributed by atoms with Gasteiger partial charge in [0.2, 0.25) is 0 Å². The van der Waals surface area contributed by atoms with Crippen molar-refractivity contribution in [2.75, 3.05) is 34.7 Å². The molecule has 0 aliphatic rings. The summed E-state index contributed by atoms with van der Waals surface area (Å²) in [7, 11) is 7.91. The molecule has 0 radical (unpaired) electrons. The van der Waals surface area contributed by atoms with Crippen LogP contribution < -0.4 is 0 Å². The van der Waals surface area contributed by atoms with Crippen LogP contribution in [-0.2, 0) is 0 Å². The fourth-order valence-corrected chi connectivity index (χ4v) is 2.74. The average molecular weight is 302 g/mol. The highest BCUT2D eigenvalue weighted by molar-refractivity contribution is 6.36. The molecule has 0 saturated carbocycles. The lowest BCUT2D eigenvalue weighted by molar-refractivity contribution is 0.478. The summed E-state index contributed by atoms with van der Waals surface area (Å²) in [6, 6.07) is 5.58. The molecule has 0 saturated heterocycles. The van der Waals surface area contributed by atoms with Crippen molar-refractivity contribution in [2.45, 2.75) is 12.8 Å². The Morgan fingerprint density at radius 2 is 1.58 bits per heavy atom. The van der Waals surface area contributed by atoms with Crippen LogP contribution in [0.25, 0.3) is 0 Å². The zero-order valence-electron chi connectivity index (χ0n) is 12.1. The molecule has 3 nitrogen and oxygen atoms in total. The number of halogens is 2. The first-order valence-electron chi connectivity index (χ1n) is 6.17. The summed E-state index contributed by atoms with van der Waals surface area (Å²) in [4.78, 5) is 8.61. The van der Waals surface area contributed by atoms with E-state index in [4.69, 9.17) is 23.2 Å². The van der Waals surface area contributed by atoms with Crippen molar-refractivity contribution in [2.24, 2.45) is 4.99 Å². The van der Waals surface area contributed by atoms with Crippen molar-refractivity contribution < 1.29 is 0 Å². The summed E-state index contributed by atoms with van der Waals surface area (Å²) in [6.45, 7) is 2.73. The monoisotopic (exact) mass is 301 g/mol. The maximum atomic E-state index is 6.21. The van der Waals surface area contributed by atoms with Crippen LogP contribution >= 0.6 is 23.2 Å². The van der Waals surface area contributed by atoms with Gasteiger partial charge in [-0.1, -0.05) is 36.2 Å². The minimum absolute atomic E-state index is 0.177. The highest BCUT2D eigenvalue weighted by Crippen LogP contribution is 2.31. The highest BCUT2D eigenvalue weighted by Gasteiger charge is 2.14. The lowest BCUT2D eigenvalue weighted by atomic mass is 10.0. The molecule has 0 amide bonds. The molecule has 106 valence electrons. The van der Waals surface area contributed by atoms with Gasteiger partial charge in [0.1, 0.15) is 0 Å². The van der Waals surface area contributed by atoms with Crippen LogP contribution in [0.15, 0.2) is 23.2 Å². The van der Waals surface area contributed by atoms with Gasteiger partial charge in [0.05, 0.1) is 0 Å². The average Bonchev–Trinajstić information content (AvgIpc) is 2.27. The van der Waals surface area contributed by atoms with Gasteiger partial charge in [-0.2, -0.15) is 0 Å². The first kappa shape index (κ1) is 16.1. The Balaban J connectivity index is 2.91. The Hall–Kier alpha value is -0.930. The Bertz CT molecular complexity index is 426. The van der Waals surface area contributed by atoms with Gasteiger partial charge in [-0.3, -0.25) is 4.99 Å². The molecule has 5 heteroatoms. The van der Waals surface area contributed by atoms with Gasteiger partial charge in [0, 0.05) is 50.7 Å². The molecule has 1 aromatic carbocycles. The van der Waals surface area contributed by atoms with Gasteiger partial charge in [-0.25, -0.2) is 0 Å². The summed E-state index contributed by atoms with van der Waals surface area (Å²) in [5.41, 5.74) is 0.964. The van der Waals surface area contributed by atoms with E-state index in [1.807, 2.05) is 56.2 Å². The standard InChI is InChI=1S/C14H21Cl2N3/c1-10(9-17-14(18(2)3)19(4)5)13-11(15)7-6-8-12(13)16/h6-8,10H,9H2,1-5H3. The molecular formula is C14H21Cl2N3. The second-order valence-electron chi connectivity index (χ2n) is 4.97. The van der Waals surface area contributed by atoms with Crippen molar-refractivity contribution in [3.63, 3.8) is 0 Å². The third-order valence-corrected chi connectivity index (χ3v) is 3.46. The van der Waals surface area contributed by atoms with Crippen LogP contribution in [0.5, 0.6) is 0 Å². The number of aliphatic imine (C=N–C) groups is 1. The summed E-state index contributed by atoms with van der Waals surface area (Å²) in [5, 5.41) is 1.40. The molecule has 0 aromatic heterocycles. The third kappa shape index (κ3) is 4.29. The fraction of sp³-hybridized carbons (Fsp3) is 0.500. The van der Waals surface area contributed by atoms with Gasteiger partial charge in [0.15, 0.2) is 5.96 Å². The maximum Gasteiger partial charge on any atom is 0.195 e. The SMILES string of the molecule is CC(CN=C(N(C)C)N(C)C)c1c(Cl)cccc1Cl. The van der Waals surface area contributed by atoms with Gasteiger partial charge in [-0.15, -0.1) is 0 Å². The smallest absolute Gasteiger partial charge is 0.195 e. The molecule has 0 N–H and O–H groups in total. The van der Waals surface area contributed by atoms with Crippen molar-refractivity contribution in [3.8, 4) is 0 Å². The summed E-state index contributed by atoms with van der Waals surface area (Å²) >= 11 is 12.4. The zero-order chi connectivity index (χ0) is 14.6. The molecular weight excluding hydrogens is 281 g/mol. The fourth-order valence-electron chi connectivity index (χ4n) is 1.97. The molecule has 1 atom stereocenters. The van der Waals surface area contributed by atoms with Crippen molar-refractivity contribution >= 4 is 29.2 Å². The normalized spacial score (nSPS) is 11.9. The minimum Gasteiger partial charge on any atom is -0.349 e. The van der Waals surface area contributed by atoms with Gasteiger partial charge >= 0.3 is 0 Å². The largest absolute Gasteiger partial charge is 0.349 e. The summed E-state index contributed by atoms with van der Waals surface area (Å²) < 4.78 is 0. The molecule has 0 fully saturated rings. The van der Waals surface area contributed by atoms with E-state index in [1.165, 1.54) is 0 Å². The highest BCUT2D eigenvalue weighted by atomic mass is 35.5. The van der Waals surface area contributed by atoms with E-state index in [0.717, 1.165) is 11.5 Å². The van der Waals surface area contributed by atoms with E-state index in [0.29, 0.717) is 16.6 Å². The molecule has 0 aliphatic carbocycles. The van der Waals surface area contributed by atoms with Crippen LogP contribution in [0, 0.1) is 0 Å². The quantitative estimate of drug-likeness (QED) is 0.628. The second-order valence-corrected chi connectivity index (χ2v) is 5.78. The minimum atomic E-state index is 0.177. The van der Waals surface area contributed by atoms with Gasteiger partial charge < -0.3 is 9.80 Å². The number of benzene rings is 1.